The van der Waals surface area contributed by atoms with Crippen LogP contribution in [0.25, 0.3) is 0 Å². The Balaban J connectivity index is 1.80. The maximum atomic E-state index is 11.6. The lowest BCUT2D eigenvalue weighted by atomic mass is 10.2. The van der Waals surface area contributed by atoms with Crippen molar-refractivity contribution in [2.75, 3.05) is 30.3 Å². The van der Waals surface area contributed by atoms with Crippen LogP contribution in [0.2, 0.25) is 0 Å². The van der Waals surface area contributed by atoms with Gasteiger partial charge in [-0.3, -0.25) is 4.79 Å². The van der Waals surface area contributed by atoms with E-state index in [1.807, 2.05) is 4.90 Å². The Morgan fingerprint density at radius 3 is 3.00 bits per heavy atom. The third-order valence-corrected chi connectivity index (χ3v) is 3.89. The van der Waals surface area contributed by atoms with Gasteiger partial charge in [0, 0.05) is 38.2 Å². The highest BCUT2D eigenvalue weighted by Crippen LogP contribution is 2.25. The SMILES string of the molecule is Nc1cc(Br)nc(N2CCN3C(=O)CCC3C2)n1. The number of piperazine rings is 1. The van der Waals surface area contributed by atoms with Crippen LogP contribution >= 0.6 is 15.9 Å². The van der Waals surface area contributed by atoms with Gasteiger partial charge in [0.2, 0.25) is 11.9 Å². The van der Waals surface area contributed by atoms with Crippen LogP contribution in [0.4, 0.5) is 11.8 Å². The largest absolute Gasteiger partial charge is 0.383 e. The monoisotopic (exact) mass is 311 g/mol. The molecule has 2 aliphatic heterocycles. The van der Waals surface area contributed by atoms with Gasteiger partial charge in [0.1, 0.15) is 10.4 Å². The number of nitrogens with zero attached hydrogens (tertiary/aromatic N) is 4. The molecule has 0 bridgehead atoms. The lowest BCUT2D eigenvalue weighted by Gasteiger charge is -2.37. The molecule has 2 saturated heterocycles. The number of carbonyl (C=O) groups is 1. The Labute approximate surface area is 113 Å². The summed E-state index contributed by atoms with van der Waals surface area (Å²) in [6.07, 6.45) is 1.60. The summed E-state index contributed by atoms with van der Waals surface area (Å²) in [4.78, 5) is 24.3. The summed E-state index contributed by atoms with van der Waals surface area (Å²) in [6.45, 7) is 2.30. The number of nitrogens with two attached hydrogens (primary N) is 1. The van der Waals surface area contributed by atoms with E-state index in [1.165, 1.54) is 0 Å². The molecule has 0 saturated carbocycles. The summed E-state index contributed by atoms with van der Waals surface area (Å²) < 4.78 is 0.690. The van der Waals surface area contributed by atoms with Gasteiger partial charge in [-0.25, -0.2) is 4.98 Å². The molecule has 1 aromatic rings. The number of hydrogen-bond donors (Lipinski definition) is 1. The standard InChI is InChI=1S/C11H14BrN5O/c12-8-5-9(13)15-11(14-8)16-3-4-17-7(6-16)1-2-10(17)18/h5,7H,1-4,6H2,(H2,13,14,15). The van der Waals surface area contributed by atoms with Gasteiger partial charge in [-0.05, 0) is 22.4 Å². The molecule has 1 amide bonds. The quantitative estimate of drug-likeness (QED) is 0.770. The fourth-order valence-corrected chi connectivity index (χ4v) is 3.00. The van der Waals surface area contributed by atoms with Crippen molar-refractivity contribution in [3.8, 4) is 0 Å². The lowest BCUT2D eigenvalue weighted by molar-refractivity contribution is -0.129. The molecule has 18 heavy (non-hydrogen) atoms. The smallest absolute Gasteiger partial charge is 0.228 e. The fraction of sp³-hybridized carbons (Fsp3) is 0.545. The van der Waals surface area contributed by atoms with E-state index in [-0.39, 0.29) is 5.91 Å². The van der Waals surface area contributed by atoms with E-state index < -0.39 is 0 Å². The lowest BCUT2D eigenvalue weighted by Crippen LogP contribution is -2.52. The number of carbonyl (C=O) groups excluding carboxylic acids is 1. The van der Waals surface area contributed by atoms with E-state index >= 15 is 0 Å². The van der Waals surface area contributed by atoms with E-state index in [4.69, 9.17) is 5.73 Å². The van der Waals surface area contributed by atoms with Crippen molar-refractivity contribution < 1.29 is 4.79 Å². The third-order valence-electron chi connectivity index (χ3n) is 3.48. The maximum absolute atomic E-state index is 11.6. The van der Waals surface area contributed by atoms with E-state index in [0.29, 0.717) is 28.8 Å². The number of hydrogen-bond acceptors (Lipinski definition) is 5. The molecule has 0 aromatic carbocycles. The molecule has 1 unspecified atom stereocenters. The highest BCUT2D eigenvalue weighted by Gasteiger charge is 2.36. The Morgan fingerprint density at radius 1 is 1.39 bits per heavy atom. The Morgan fingerprint density at radius 2 is 2.22 bits per heavy atom. The van der Waals surface area contributed by atoms with Crippen LogP contribution in [0.15, 0.2) is 10.7 Å². The summed E-state index contributed by atoms with van der Waals surface area (Å²) >= 11 is 3.32. The van der Waals surface area contributed by atoms with E-state index in [0.717, 1.165) is 26.1 Å². The maximum Gasteiger partial charge on any atom is 0.228 e. The van der Waals surface area contributed by atoms with Crippen LogP contribution < -0.4 is 10.6 Å². The molecule has 1 atom stereocenters. The van der Waals surface area contributed by atoms with Gasteiger partial charge in [0.25, 0.3) is 0 Å². The first-order valence-corrected chi connectivity index (χ1v) is 6.77. The highest BCUT2D eigenvalue weighted by atomic mass is 79.9. The van der Waals surface area contributed by atoms with Crippen molar-refractivity contribution in [2.45, 2.75) is 18.9 Å². The van der Waals surface area contributed by atoms with Crippen molar-refractivity contribution in [2.24, 2.45) is 0 Å². The molecule has 2 aliphatic rings. The number of halogens is 1. The van der Waals surface area contributed by atoms with Gasteiger partial charge in [0.15, 0.2) is 0 Å². The second-order valence-electron chi connectivity index (χ2n) is 4.64. The summed E-state index contributed by atoms with van der Waals surface area (Å²) in [5.41, 5.74) is 5.72. The second kappa shape index (κ2) is 4.38. The third kappa shape index (κ3) is 2.03. The van der Waals surface area contributed by atoms with Gasteiger partial charge in [0.05, 0.1) is 0 Å². The predicted octanol–water partition coefficient (Wildman–Crippen LogP) is 0.632. The molecule has 2 fully saturated rings. The van der Waals surface area contributed by atoms with Crippen molar-refractivity contribution in [1.82, 2.24) is 14.9 Å². The minimum Gasteiger partial charge on any atom is -0.383 e. The van der Waals surface area contributed by atoms with Gasteiger partial charge >= 0.3 is 0 Å². The minimum absolute atomic E-state index is 0.273. The molecule has 0 radical (unpaired) electrons. The topological polar surface area (TPSA) is 75.3 Å². The Bertz CT molecular complexity index is 474. The molecule has 0 spiro atoms. The molecular weight excluding hydrogens is 298 g/mol. The second-order valence-corrected chi connectivity index (χ2v) is 5.45. The summed E-state index contributed by atoms with van der Waals surface area (Å²) in [5.74, 6) is 1.37. The van der Waals surface area contributed by atoms with Crippen molar-refractivity contribution in [3.05, 3.63) is 10.7 Å². The number of nitrogen functional groups attached to an aromatic ring is 1. The Hall–Kier alpha value is -1.37. The first kappa shape index (κ1) is 11.7. The molecule has 0 aliphatic carbocycles. The van der Waals surface area contributed by atoms with Crippen molar-refractivity contribution in [3.63, 3.8) is 0 Å². The van der Waals surface area contributed by atoms with E-state index in [2.05, 4.69) is 30.8 Å². The number of rotatable bonds is 1. The molecule has 6 nitrogen and oxygen atoms in total. The number of anilines is 2. The van der Waals surface area contributed by atoms with Crippen LogP contribution in [0, 0.1) is 0 Å². The number of amides is 1. The normalized spacial score (nSPS) is 23.4. The first-order chi connectivity index (χ1) is 8.63. The summed E-state index contributed by atoms with van der Waals surface area (Å²) in [7, 11) is 0. The van der Waals surface area contributed by atoms with Crippen LogP contribution in [0.3, 0.4) is 0 Å². The highest BCUT2D eigenvalue weighted by molar-refractivity contribution is 9.10. The first-order valence-electron chi connectivity index (χ1n) is 5.98. The summed E-state index contributed by atoms with van der Waals surface area (Å²) in [5, 5.41) is 0. The van der Waals surface area contributed by atoms with Gasteiger partial charge in [-0.2, -0.15) is 4.98 Å². The zero-order chi connectivity index (χ0) is 12.7. The fourth-order valence-electron chi connectivity index (χ4n) is 2.61. The average Bonchev–Trinajstić information content (AvgIpc) is 2.69. The van der Waals surface area contributed by atoms with Gasteiger partial charge < -0.3 is 15.5 Å². The van der Waals surface area contributed by atoms with Crippen molar-refractivity contribution in [1.29, 1.82) is 0 Å². The zero-order valence-corrected chi connectivity index (χ0v) is 11.4. The van der Waals surface area contributed by atoms with E-state index in [1.54, 1.807) is 6.07 Å². The Kier molecular flexibility index (Phi) is 2.85. The summed E-state index contributed by atoms with van der Waals surface area (Å²) in [6, 6.07) is 1.98. The van der Waals surface area contributed by atoms with Crippen molar-refractivity contribution >= 4 is 33.6 Å². The van der Waals surface area contributed by atoms with Crippen LogP contribution in [0.5, 0.6) is 0 Å². The molecule has 3 heterocycles. The van der Waals surface area contributed by atoms with Gasteiger partial charge in [-0.15, -0.1) is 0 Å². The molecule has 7 heteroatoms. The molecule has 1 aromatic heterocycles. The van der Waals surface area contributed by atoms with Crippen LogP contribution in [-0.4, -0.2) is 46.5 Å². The molecule has 3 rings (SSSR count). The molecule has 2 N–H and O–H groups in total. The number of aromatic nitrogens is 2. The van der Waals surface area contributed by atoms with Crippen LogP contribution in [-0.2, 0) is 4.79 Å². The molecule has 96 valence electrons. The van der Waals surface area contributed by atoms with Gasteiger partial charge in [-0.1, -0.05) is 0 Å². The zero-order valence-electron chi connectivity index (χ0n) is 9.84. The van der Waals surface area contributed by atoms with Crippen LogP contribution in [0.1, 0.15) is 12.8 Å². The minimum atomic E-state index is 0.273. The van der Waals surface area contributed by atoms with E-state index in [9.17, 15) is 4.79 Å². The average molecular weight is 312 g/mol. The predicted molar refractivity (Wildman–Crippen MR) is 71.1 cm³/mol. The number of fused-ring (bicyclic) bond motifs is 1. The molecular formula is C11H14BrN5O.